The number of H-pyrrole nitrogens is 1. The largest absolute Gasteiger partial charge is 0.493 e. The van der Waals surface area contributed by atoms with Gasteiger partial charge in [0.2, 0.25) is 17.6 Å². The molecule has 0 aliphatic carbocycles. The van der Waals surface area contributed by atoms with Gasteiger partial charge in [0.25, 0.3) is 0 Å². The van der Waals surface area contributed by atoms with Crippen LogP contribution < -0.4 is 16.2 Å². The number of carbonyl (C=O) groups is 2. The molecule has 1 saturated heterocycles. The zero-order valence-electron chi connectivity index (χ0n) is 19.2. The number of carbonyl (C=O) groups excluding carboxylic acids is 2. The van der Waals surface area contributed by atoms with Gasteiger partial charge < -0.3 is 25.9 Å². The van der Waals surface area contributed by atoms with Crippen molar-refractivity contribution in [2.75, 3.05) is 7.11 Å². The van der Waals surface area contributed by atoms with Crippen LogP contribution in [0, 0.1) is 17.6 Å². The van der Waals surface area contributed by atoms with E-state index in [2.05, 4.69) is 9.97 Å². The molecule has 1 aliphatic rings. The molecular formula is C23H21F5N4O4. The molecule has 13 heteroatoms. The van der Waals surface area contributed by atoms with Gasteiger partial charge in [-0.2, -0.15) is 17.6 Å². The average molecular weight is 512 g/mol. The second-order valence-corrected chi connectivity index (χ2v) is 8.71. The van der Waals surface area contributed by atoms with Crippen LogP contribution in [-0.2, 0) is 4.74 Å². The first kappa shape index (κ1) is 25.4. The van der Waals surface area contributed by atoms with Crippen LogP contribution in [0.4, 0.5) is 22.0 Å². The molecule has 2 heterocycles. The van der Waals surface area contributed by atoms with Gasteiger partial charge in [0.1, 0.15) is 11.9 Å². The number of hydrogen-bond donors (Lipinski definition) is 3. The van der Waals surface area contributed by atoms with Gasteiger partial charge in [-0.15, -0.1) is 0 Å². The number of aromatic amines is 1. The van der Waals surface area contributed by atoms with Gasteiger partial charge in [-0.3, -0.25) is 9.59 Å². The van der Waals surface area contributed by atoms with E-state index < -0.39 is 58.9 Å². The number of alkyl halides is 3. The lowest BCUT2D eigenvalue weighted by molar-refractivity contribution is -0.275. The third-order valence-electron chi connectivity index (χ3n) is 6.75. The fourth-order valence-corrected chi connectivity index (χ4v) is 4.67. The van der Waals surface area contributed by atoms with Crippen molar-refractivity contribution in [3.05, 3.63) is 58.4 Å². The van der Waals surface area contributed by atoms with Crippen molar-refractivity contribution in [1.82, 2.24) is 9.97 Å². The number of aromatic nitrogens is 2. The monoisotopic (exact) mass is 512 g/mol. The van der Waals surface area contributed by atoms with E-state index in [4.69, 9.17) is 20.9 Å². The van der Waals surface area contributed by atoms with Crippen LogP contribution >= 0.6 is 0 Å². The van der Waals surface area contributed by atoms with Crippen molar-refractivity contribution in [3.63, 3.8) is 0 Å². The molecule has 4 atom stereocenters. The molecule has 0 bridgehead atoms. The number of halogens is 5. The molecule has 2 aromatic carbocycles. The Morgan fingerprint density at radius 3 is 2.31 bits per heavy atom. The van der Waals surface area contributed by atoms with Gasteiger partial charge in [-0.25, -0.2) is 9.37 Å². The smallest absolute Gasteiger partial charge is 0.417 e. The Morgan fingerprint density at radius 1 is 1.14 bits per heavy atom. The Bertz CT molecular complexity index is 1340. The predicted molar refractivity (Wildman–Crippen MR) is 116 cm³/mol. The number of nitrogens with two attached hydrogens (primary N) is 2. The van der Waals surface area contributed by atoms with Crippen molar-refractivity contribution >= 4 is 22.8 Å². The fourth-order valence-electron chi connectivity index (χ4n) is 4.67. The molecule has 1 fully saturated rings. The third kappa shape index (κ3) is 3.74. The lowest BCUT2D eigenvalue weighted by atomic mass is 9.77. The number of methoxy groups -OCH3 is 1. The van der Waals surface area contributed by atoms with Gasteiger partial charge in [0, 0.05) is 17.4 Å². The van der Waals surface area contributed by atoms with E-state index in [-0.39, 0.29) is 33.5 Å². The molecule has 0 unspecified atom stereocenters. The number of ether oxygens (including phenoxy) is 2. The number of benzene rings is 2. The normalized spacial score (nSPS) is 24.3. The number of imidazole rings is 1. The summed E-state index contributed by atoms with van der Waals surface area (Å²) in [4.78, 5) is 30.6. The summed E-state index contributed by atoms with van der Waals surface area (Å²) in [5.74, 6) is -7.70. The van der Waals surface area contributed by atoms with E-state index >= 15 is 0 Å². The number of amides is 2. The summed E-state index contributed by atoms with van der Waals surface area (Å²) < 4.78 is 81.5. The molecule has 36 heavy (non-hydrogen) atoms. The maximum Gasteiger partial charge on any atom is 0.417 e. The molecule has 1 aromatic heterocycles. The number of rotatable bonds is 5. The summed E-state index contributed by atoms with van der Waals surface area (Å²) in [5, 5.41) is 0. The Morgan fingerprint density at radius 2 is 1.75 bits per heavy atom. The molecule has 2 amide bonds. The maximum atomic E-state index is 14.5. The Hall–Kier alpha value is -3.74. The van der Waals surface area contributed by atoms with Crippen molar-refractivity contribution in [2.45, 2.75) is 37.6 Å². The minimum Gasteiger partial charge on any atom is -0.493 e. The summed E-state index contributed by atoms with van der Waals surface area (Å²) in [6, 6.07) is 4.29. The number of nitrogens with zero attached hydrogens (tertiary/aromatic N) is 1. The Kier molecular flexibility index (Phi) is 5.94. The van der Waals surface area contributed by atoms with Crippen molar-refractivity contribution in [2.24, 2.45) is 17.4 Å². The van der Waals surface area contributed by atoms with Crippen LogP contribution in [0.2, 0.25) is 0 Å². The average Bonchev–Trinajstić information content (AvgIpc) is 3.33. The molecule has 1 aliphatic heterocycles. The number of fused-ring (bicyclic) bond motifs is 1. The van der Waals surface area contributed by atoms with Crippen molar-refractivity contribution < 1.29 is 41.0 Å². The quantitative estimate of drug-likeness (QED) is 0.447. The lowest BCUT2D eigenvalue weighted by Crippen LogP contribution is -2.46. The minimum absolute atomic E-state index is 0.0574. The van der Waals surface area contributed by atoms with Crippen LogP contribution in [0.5, 0.6) is 5.75 Å². The highest BCUT2D eigenvalue weighted by Crippen LogP contribution is 2.59. The third-order valence-corrected chi connectivity index (χ3v) is 6.75. The van der Waals surface area contributed by atoms with Gasteiger partial charge in [-0.1, -0.05) is 13.0 Å². The molecule has 0 spiro atoms. The first-order chi connectivity index (χ1) is 16.7. The minimum atomic E-state index is -4.84. The van der Waals surface area contributed by atoms with Crippen LogP contribution in [0.1, 0.15) is 58.0 Å². The molecule has 192 valence electrons. The van der Waals surface area contributed by atoms with Crippen molar-refractivity contribution in [3.8, 4) is 5.75 Å². The van der Waals surface area contributed by atoms with Crippen LogP contribution in [0.25, 0.3) is 11.0 Å². The van der Waals surface area contributed by atoms with Crippen LogP contribution in [0.3, 0.4) is 0 Å². The maximum absolute atomic E-state index is 14.5. The highest BCUT2D eigenvalue weighted by Gasteiger charge is 2.65. The van der Waals surface area contributed by atoms with E-state index in [0.717, 1.165) is 26.2 Å². The topological polar surface area (TPSA) is 133 Å². The molecule has 0 radical (unpaired) electrons. The second kappa shape index (κ2) is 8.43. The molecular weight excluding hydrogens is 491 g/mol. The molecule has 8 nitrogen and oxygen atoms in total. The molecule has 4 rings (SSSR count). The molecule has 3 aromatic rings. The van der Waals surface area contributed by atoms with E-state index in [1.54, 1.807) is 0 Å². The lowest BCUT2D eigenvalue weighted by Gasteiger charge is -2.32. The first-order valence-electron chi connectivity index (χ1n) is 10.6. The summed E-state index contributed by atoms with van der Waals surface area (Å²) in [6.45, 7) is 2.13. The zero-order chi connectivity index (χ0) is 26.7. The fraction of sp³-hybridized carbons (Fsp3) is 0.348. The molecule has 5 N–H and O–H groups in total. The Balaban J connectivity index is 1.94. The zero-order valence-corrected chi connectivity index (χ0v) is 19.2. The summed E-state index contributed by atoms with van der Waals surface area (Å²) in [6.07, 6.45) is -6.28. The van der Waals surface area contributed by atoms with E-state index in [1.165, 1.54) is 19.1 Å². The Labute approximate surface area is 200 Å². The predicted octanol–water partition coefficient (Wildman–Crippen LogP) is 3.86. The van der Waals surface area contributed by atoms with Crippen molar-refractivity contribution in [1.29, 1.82) is 0 Å². The molecule has 0 saturated carbocycles. The first-order valence-corrected chi connectivity index (χ1v) is 10.6. The van der Waals surface area contributed by atoms with Gasteiger partial charge >= 0.3 is 6.18 Å². The van der Waals surface area contributed by atoms with Gasteiger partial charge in [0.15, 0.2) is 17.2 Å². The summed E-state index contributed by atoms with van der Waals surface area (Å²) in [7, 11) is 1.07. The summed E-state index contributed by atoms with van der Waals surface area (Å²) in [5.41, 5.74) is 7.69. The van der Waals surface area contributed by atoms with Gasteiger partial charge in [-0.05, 0) is 25.1 Å². The van der Waals surface area contributed by atoms with Crippen LogP contribution in [-0.4, -0.2) is 40.7 Å². The standard InChI is InChI=1S/C23H21F5N4O4/c1-8-15(9-4-5-12(24)16(25)17(9)35-3)18(36-22(8,2)23(26,27)28)21-31-13-6-10(19(29)33)11(20(30)34)7-14(13)32-21/h4-8,15,18H,1-3H3,(H2,29,33)(H2,30,34)(H,31,32)/t8-,15-,18+,22+/m0/s1. The number of nitrogens with one attached hydrogen (secondary N) is 1. The van der Waals surface area contributed by atoms with Crippen LogP contribution in [0.15, 0.2) is 24.3 Å². The second-order valence-electron chi connectivity index (χ2n) is 8.71. The summed E-state index contributed by atoms with van der Waals surface area (Å²) >= 11 is 0. The number of primary amides is 2. The SMILES string of the molecule is COc1c([C@H]2[C@H](c3nc4cc(C(N)=O)c(C(N)=O)cc4[nH]3)O[C@@](C)(C(F)(F)F)[C@H]2C)ccc(F)c1F. The van der Waals surface area contributed by atoms with E-state index in [0.29, 0.717) is 0 Å². The van der Waals surface area contributed by atoms with E-state index in [9.17, 15) is 31.5 Å². The highest BCUT2D eigenvalue weighted by molar-refractivity contribution is 6.09. The number of hydrogen-bond acceptors (Lipinski definition) is 5. The van der Waals surface area contributed by atoms with E-state index in [1.807, 2.05) is 0 Å². The highest BCUT2D eigenvalue weighted by atomic mass is 19.4. The van der Waals surface area contributed by atoms with Gasteiger partial charge in [0.05, 0.1) is 29.3 Å².